The van der Waals surface area contributed by atoms with E-state index in [0.717, 1.165) is 32.1 Å². The van der Waals surface area contributed by atoms with Crippen molar-refractivity contribution in [3.05, 3.63) is 24.3 Å². The summed E-state index contributed by atoms with van der Waals surface area (Å²) in [5, 5.41) is 0. The maximum Gasteiger partial charge on any atom is 0.240 e. The highest BCUT2D eigenvalue weighted by molar-refractivity contribution is 7.89. The van der Waals surface area contributed by atoms with Crippen LogP contribution in [0, 0.1) is 11.8 Å². The summed E-state index contributed by atoms with van der Waals surface area (Å²) >= 11 is 0. The lowest BCUT2D eigenvalue weighted by Gasteiger charge is -2.36. The predicted molar refractivity (Wildman–Crippen MR) is 108 cm³/mol. The number of hydrogen-bond acceptors (Lipinski definition) is 5. The summed E-state index contributed by atoms with van der Waals surface area (Å²) in [6, 6.07) is 6.31. The minimum atomic E-state index is -3.55. The Morgan fingerprint density at radius 2 is 1.72 bits per heavy atom. The van der Waals surface area contributed by atoms with Crippen molar-refractivity contribution in [2.45, 2.75) is 30.6 Å². The van der Waals surface area contributed by atoms with Crippen molar-refractivity contribution < 1.29 is 22.7 Å². The Hall–Kier alpha value is -2.13. The van der Waals surface area contributed by atoms with Gasteiger partial charge in [0.25, 0.3) is 0 Å². The fraction of sp³-hybridized carbons (Fsp3) is 0.600. The monoisotopic (exact) mass is 423 g/mol. The minimum Gasteiger partial charge on any atom is -0.497 e. The zero-order chi connectivity index (χ0) is 20.9. The zero-order valence-electron chi connectivity index (χ0n) is 16.7. The molecule has 0 atom stereocenters. The molecule has 160 valence electrons. The van der Waals surface area contributed by atoms with E-state index in [9.17, 15) is 18.0 Å². The van der Waals surface area contributed by atoms with E-state index in [1.165, 1.54) is 19.2 Å². The van der Waals surface area contributed by atoms with Gasteiger partial charge in [0.1, 0.15) is 5.75 Å². The van der Waals surface area contributed by atoms with Gasteiger partial charge in [-0.2, -0.15) is 0 Å². The van der Waals surface area contributed by atoms with E-state index in [1.54, 1.807) is 17.0 Å². The topological polar surface area (TPSA) is 96.0 Å². The number of carbonyl (C=O) groups is 2. The van der Waals surface area contributed by atoms with Crippen LogP contribution >= 0.6 is 0 Å². The quantitative estimate of drug-likeness (QED) is 0.662. The normalized spacial score (nSPS) is 22.9. The van der Waals surface area contributed by atoms with E-state index < -0.39 is 10.0 Å². The second-order valence-corrected chi connectivity index (χ2v) is 9.48. The summed E-state index contributed by atoms with van der Waals surface area (Å²) in [6.07, 6.45) is 4.05. The molecule has 8 nitrogen and oxygen atoms in total. The maximum atomic E-state index is 12.7. The summed E-state index contributed by atoms with van der Waals surface area (Å²) in [5.41, 5.74) is 0. The Morgan fingerprint density at radius 1 is 1.10 bits per heavy atom. The second kappa shape index (κ2) is 9.58. The molecule has 1 heterocycles. The van der Waals surface area contributed by atoms with Gasteiger partial charge in [-0.15, -0.1) is 0 Å². The third kappa shape index (κ3) is 5.48. The highest BCUT2D eigenvalue weighted by atomic mass is 32.2. The first-order chi connectivity index (χ1) is 13.9. The molecule has 1 aromatic carbocycles. The summed E-state index contributed by atoms with van der Waals surface area (Å²) in [4.78, 5) is 27.3. The molecule has 0 spiro atoms. The number of piperazine rings is 1. The highest BCUT2D eigenvalue weighted by Crippen LogP contribution is 2.30. The van der Waals surface area contributed by atoms with E-state index in [1.807, 2.05) is 4.90 Å². The molecule has 2 aliphatic rings. The minimum absolute atomic E-state index is 0.00669. The Balaban J connectivity index is 1.44. The maximum absolute atomic E-state index is 12.7. The van der Waals surface area contributed by atoms with Gasteiger partial charge in [-0.25, -0.2) is 13.1 Å². The van der Waals surface area contributed by atoms with Crippen LogP contribution in [0.15, 0.2) is 29.2 Å². The van der Waals surface area contributed by atoms with E-state index in [4.69, 9.17) is 4.74 Å². The Labute approximate surface area is 172 Å². The van der Waals surface area contributed by atoms with Gasteiger partial charge < -0.3 is 14.5 Å². The summed E-state index contributed by atoms with van der Waals surface area (Å²) in [7, 11) is -2.02. The molecule has 2 amide bonds. The molecule has 3 rings (SSSR count). The molecule has 1 saturated heterocycles. The number of nitrogens with zero attached hydrogens (tertiary/aromatic N) is 2. The molecule has 0 aromatic heterocycles. The fourth-order valence-electron chi connectivity index (χ4n) is 3.99. The van der Waals surface area contributed by atoms with Crippen LogP contribution in [0.1, 0.15) is 25.7 Å². The van der Waals surface area contributed by atoms with E-state index in [-0.39, 0.29) is 22.6 Å². The molecule has 1 aliphatic carbocycles. The third-order valence-corrected chi connectivity index (χ3v) is 7.34. The van der Waals surface area contributed by atoms with Crippen molar-refractivity contribution in [1.29, 1.82) is 0 Å². The van der Waals surface area contributed by atoms with Gasteiger partial charge in [0.05, 0.1) is 12.0 Å². The number of rotatable bonds is 7. The van der Waals surface area contributed by atoms with Crippen LogP contribution < -0.4 is 9.46 Å². The van der Waals surface area contributed by atoms with Crippen LogP contribution in [0.5, 0.6) is 5.75 Å². The molecule has 2 fully saturated rings. The average Bonchev–Trinajstić information content (AvgIpc) is 2.77. The van der Waals surface area contributed by atoms with Crippen LogP contribution in [-0.4, -0.2) is 70.4 Å². The molecule has 1 aromatic rings. The number of hydrogen-bond donors (Lipinski definition) is 1. The van der Waals surface area contributed by atoms with Crippen LogP contribution in [-0.2, 0) is 19.6 Å². The molecule has 9 heteroatoms. The number of carbonyl (C=O) groups excluding carboxylic acids is 2. The lowest BCUT2D eigenvalue weighted by Crippen LogP contribution is -2.50. The molecular weight excluding hydrogens is 394 g/mol. The molecule has 0 bridgehead atoms. The largest absolute Gasteiger partial charge is 0.497 e. The molecule has 1 N–H and O–H groups in total. The lowest BCUT2D eigenvalue weighted by atomic mass is 9.81. The van der Waals surface area contributed by atoms with Gasteiger partial charge in [-0.1, -0.05) is 0 Å². The smallest absolute Gasteiger partial charge is 0.240 e. The summed E-state index contributed by atoms with van der Waals surface area (Å²) in [5.74, 6) is 1.03. The Morgan fingerprint density at radius 3 is 2.28 bits per heavy atom. The average molecular weight is 424 g/mol. The van der Waals surface area contributed by atoms with Crippen LogP contribution in [0.4, 0.5) is 0 Å². The Kier molecular flexibility index (Phi) is 7.13. The van der Waals surface area contributed by atoms with Crippen molar-refractivity contribution in [2.24, 2.45) is 11.8 Å². The molecule has 29 heavy (non-hydrogen) atoms. The number of methoxy groups -OCH3 is 1. The van der Waals surface area contributed by atoms with Crippen molar-refractivity contribution in [1.82, 2.24) is 14.5 Å². The summed E-state index contributed by atoms with van der Waals surface area (Å²) in [6.45, 7) is 2.76. The van der Waals surface area contributed by atoms with Crippen molar-refractivity contribution in [3.63, 3.8) is 0 Å². The molecular formula is C20H29N3O5S. The number of benzene rings is 1. The van der Waals surface area contributed by atoms with Gasteiger partial charge in [0.2, 0.25) is 22.3 Å². The highest BCUT2D eigenvalue weighted by Gasteiger charge is 2.31. The first kappa shape index (κ1) is 21.6. The second-order valence-electron chi connectivity index (χ2n) is 7.71. The fourth-order valence-corrected chi connectivity index (χ4v) is 5.10. The van der Waals surface area contributed by atoms with Crippen molar-refractivity contribution in [2.75, 3.05) is 39.8 Å². The van der Waals surface area contributed by atoms with Crippen molar-refractivity contribution >= 4 is 22.3 Å². The van der Waals surface area contributed by atoms with Gasteiger partial charge in [-0.3, -0.25) is 9.59 Å². The third-order valence-electron chi connectivity index (χ3n) is 5.90. The SMILES string of the molecule is COc1ccc(S(=O)(=O)NCC2CCC(C(=O)N3CCN(C=O)CC3)CC2)cc1. The summed E-state index contributed by atoms with van der Waals surface area (Å²) < 4.78 is 32.7. The van der Waals surface area contributed by atoms with Gasteiger partial charge >= 0.3 is 0 Å². The molecule has 0 radical (unpaired) electrons. The zero-order valence-corrected chi connectivity index (χ0v) is 17.6. The first-order valence-corrected chi connectivity index (χ1v) is 11.5. The van der Waals surface area contributed by atoms with Crippen LogP contribution in [0.3, 0.4) is 0 Å². The first-order valence-electron chi connectivity index (χ1n) is 10.0. The van der Waals surface area contributed by atoms with Gasteiger partial charge in [0, 0.05) is 38.6 Å². The van der Waals surface area contributed by atoms with E-state index >= 15 is 0 Å². The number of nitrogens with one attached hydrogen (secondary N) is 1. The Bertz CT molecular complexity index is 796. The van der Waals surface area contributed by atoms with Gasteiger partial charge in [0.15, 0.2) is 0 Å². The number of sulfonamides is 1. The molecule has 0 unspecified atom stereocenters. The lowest BCUT2D eigenvalue weighted by molar-refractivity contribution is -0.140. The van der Waals surface area contributed by atoms with Crippen LogP contribution in [0.25, 0.3) is 0 Å². The molecule has 1 saturated carbocycles. The predicted octanol–water partition coefficient (Wildman–Crippen LogP) is 1.08. The van der Waals surface area contributed by atoms with Gasteiger partial charge in [-0.05, 0) is 55.9 Å². The van der Waals surface area contributed by atoms with Crippen molar-refractivity contribution in [3.8, 4) is 5.75 Å². The number of amides is 2. The van der Waals surface area contributed by atoms with Crippen LogP contribution in [0.2, 0.25) is 0 Å². The molecule has 1 aliphatic heterocycles. The number of ether oxygens (including phenoxy) is 1. The standard InChI is InChI=1S/C20H29N3O5S/c1-28-18-6-8-19(9-7-18)29(26,27)21-14-16-2-4-17(5-3-16)20(25)23-12-10-22(15-24)11-13-23/h6-9,15-17,21H,2-5,10-14H2,1H3. The van der Waals surface area contributed by atoms with E-state index in [2.05, 4.69) is 4.72 Å². The van der Waals surface area contributed by atoms with E-state index in [0.29, 0.717) is 38.5 Å².